The molecule has 1 aliphatic heterocycles. The van der Waals surface area contributed by atoms with Crippen molar-refractivity contribution in [3.05, 3.63) is 17.0 Å². The number of hydrogen-bond donors (Lipinski definition) is 1. The van der Waals surface area contributed by atoms with Gasteiger partial charge in [-0.25, -0.2) is 0 Å². The van der Waals surface area contributed by atoms with Crippen LogP contribution in [0.4, 0.5) is 0 Å². The second-order valence-corrected chi connectivity index (χ2v) is 4.83. The summed E-state index contributed by atoms with van der Waals surface area (Å²) < 4.78 is 6.98. The number of aromatic nitrogens is 2. The lowest BCUT2D eigenvalue weighted by Gasteiger charge is -2.15. The van der Waals surface area contributed by atoms with Gasteiger partial charge in [0.1, 0.15) is 0 Å². The molecule has 0 saturated heterocycles. The van der Waals surface area contributed by atoms with Crippen LogP contribution in [0.2, 0.25) is 0 Å². The first-order valence-corrected chi connectivity index (χ1v) is 7.20. The monoisotopic (exact) mass is 265 g/mol. The van der Waals surface area contributed by atoms with E-state index in [0.29, 0.717) is 19.6 Å². The number of carbonyl (C=O) groups excluding carboxylic acids is 1. The molecule has 5 heteroatoms. The maximum atomic E-state index is 11.4. The van der Waals surface area contributed by atoms with Gasteiger partial charge < -0.3 is 10.1 Å². The average molecular weight is 265 g/mol. The molecule has 2 rings (SSSR count). The zero-order valence-corrected chi connectivity index (χ0v) is 11.9. The number of nitrogens with zero attached hydrogens (tertiary/aromatic N) is 2. The van der Waals surface area contributed by atoms with E-state index in [2.05, 4.69) is 17.3 Å². The van der Waals surface area contributed by atoms with Gasteiger partial charge in [0.2, 0.25) is 0 Å². The Morgan fingerprint density at radius 3 is 3.05 bits per heavy atom. The van der Waals surface area contributed by atoms with Gasteiger partial charge in [-0.2, -0.15) is 5.10 Å². The molecule has 1 aromatic rings. The van der Waals surface area contributed by atoms with E-state index in [1.54, 1.807) is 0 Å². The minimum atomic E-state index is -0.141. The first-order chi connectivity index (χ1) is 9.26. The number of esters is 1. The topological polar surface area (TPSA) is 56.2 Å². The smallest absolute Gasteiger partial charge is 0.307 e. The second kappa shape index (κ2) is 6.70. The third-order valence-corrected chi connectivity index (χ3v) is 3.41. The first kappa shape index (κ1) is 14.1. The van der Waals surface area contributed by atoms with Gasteiger partial charge in [0.05, 0.1) is 25.3 Å². The maximum absolute atomic E-state index is 11.4. The summed E-state index contributed by atoms with van der Waals surface area (Å²) in [4.78, 5) is 11.4. The van der Waals surface area contributed by atoms with E-state index in [4.69, 9.17) is 4.74 Å². The number of ether oxygens (including phenoxy) is 1. The average Bonchev–Trinajstić information content (AvgIpc) is 2.76. The fourth-order valence-corrected chi connectivity index (χ4v) is 2.55. The lowest BCUT2D eigenvalue weighted by atomic mass is 10.0. The fraction of sp³-hybridized carbons (Fsp3) is 0.714. The minimum Gasteiger partial charge on any atom is -0.466 e. The van der Waals surface area contributed by atoms with Gasteiger partial charge in [-0.1, -0.05) is 13.3 Å². The number of carbonyl (C=O) groups is 1. The van der Waals surface area contributed by atoms with Crippen molar-refractivity contribution in [1.82, 2.24) is 15.1 Å². The standard InChI is InChI=1S/C14H23N3O2/c1-3-5-12-11-10-15-8-6-13(11)17(16-12)9-7-14(18)19-4-2/h15H,3-10H2,1-2H3. The van der Waals surface area contributed by atoms with E-state index in [-0.39, 0.29) is 5.97 Å². The highest BCUT2D eigenvalue weighted by Crippen LogP contribution is 2.20. The van der Waals surface area contributed by atoms with Crippen molar-refractivity contribution in [2.45, 2.75) is 52.6 Å². The molecular weight excluding hydrogens is 242 g/mol. The van der Waals surface area contributed by atoms with Gasteiger partial charge in [-0.3, -0.25) is 9.48 Å². The van der Waals surface area contributed by atoms with E-state index < -0.39 is 0 Å². The van der Waals surface area contributed by atoms with Crippen molar-refractivity contribution < 1.29 is 9.53 Å². The van der Waals surface area contributed by atoms with Crippen molar-refractivity contribution in [3.63, 3.8) is 0 Å². The number of aryl methyl sites for hydroxylation is 2. The molecule has 0 spiro atoms. The van der Waals surface area contributed by atoms with E-state index in [9.17, 15) is 4.79 Å². The molecule has 0 aromatic carbocycles. The molecule has 19 heavy (non-hydrogen) atoms. The molecule has 0 atom stereocenters. The minimum absolute atomic E-state index is 0.141. The molecule has 1 N–H and O–H groups in total. The zero-order chi connectivity index (χ0) is 13.7. The Hall–Kier alpha value is -1.36. The summed E-state index contributed by atoms with van der Waals surface area (Å²) in [7, 11) is 0. The largest absolute Gasteiger partial charge is 0.466 e. The van der Waals surface area contributed by atoms with Crippen molar-refractivity contribution in [1.29, 1.82) is 0 Å². The summed E-state index contributed by atoms with van der Waals surface area (Å²) in [5.74, 6) is -0.141. The van der Waals surface area contributed by atoms with Gasteiger partial charge in [-0.05, 0) is 13.3 Å². The van der Waals surface area contributed by atoms with Crippen molar-refractivity contribution in [3.8, 4) is 0 Å². The molecule has 2 heterocycles. The Kier molecular flexibility index (Phi) is 4.96. The van der Waals surface area contributed by atoms with E-state index in [1.807, 2.05) is 11.6 Å². The molecule has 0 saturated carbocycles. The zero-order valence-electron chi connectivity index (χ0n) is 11.9. The normalized spacial score (nSPS) is 14.2. The Morgan fingerprint density at radius 2 is 2.32 bits per heavy atom. The van der Waals surface area contributed by atoms with Crippen molar-refractivity contribution in [2.75, 3.05) is 13.2 Å². The van der Waals surface area contributed by atoms with Crippen LogP contribution in [0.15, 0.2) is 0 Å². The van der Waals surface area contributed by atoms with E-state index >= 15 is 0 Å². The highest BCUT2D eigenvalue weighted by molar-refractivity contribution is 5.69. The molecule has 1 aliphatic rings. The summed E-state index contributed by atoms with van der Waals surface area (Å²) in [5.41, 5.74) is 3.83. The van der Waals surface area contributed by atoms with Gasteiger partial charge in [-0.15, -0.1) is 0 Å². The summed E-state index contributed by atoms with van der Waals surface area (Å²) >= 11 is 0. The maximum Gasteiger partial charge on any atom is 0.307 e. The number of nitrogens with one attached hydrogen (secondary N) is 1. The molecule has 5 nitrogen and oxygen atoms in total. The molecule has 0 radical (unpaired) electrons. The van der Waals surface area contributed by atoms with Gasteiger partial charge in [0.25, 0.3) is 0 Å². The van der Waals surface area contributed by atoms with Crippen LogP contribution in [-0.2, 0) is 35.5 Å². The lowest BCUT2D eigenvalue weighted by molar-refractivity contribution is -0.143. The van der Waals surface area contributed by atoms with Crippen LogP contribution in [0.3, 0.4) is 0 Å². The van der Waals surface area contributed by atoms with Gasteiger partial charge in [0.15, 0.2) is 0 Å². The second-order valence-electron chi connectivity index (χ2n) is 4.83. The Morgan fingerprint density at radius 1 is 1.47 bits per heavy atom. The predicted octanol–water partition coefficient (Wildman–Crippen LogP) is 1.43. The summed E-state index contributed by atoms with van der Waals surface area (Å²) in [6, 6.07) is 0. The molecule has 1 aromatic heterocycles. The Bertz CT molecular complexity index is 440. The van der Waals surface area contributed by atoms with Crippen LogP contribution < -0.4 is 5.32 Å². The molecular formula is C14H23N3O2. The Balaban J connectivity index is 2.09. The molecule has 0 unspecified atom stereocenters. The van der Waals surface area contributed by atoms with Crippen LogP contribution in [-0.4, -0.2) is 28.9 Å². The molecule has 106 valence electrons. The lowest BCUT2D eigenvalue weighted by Crippen LogP contribution is -2.25. The third-order valence-electron chi connectivity index (χ3n) is 3.41. The van der Waals surface area contributed by atoms with Crippen molar-refractivity contribution >= 4 is 5.97 Å². The predicted molar refractivity (Wildman–Crippen MR) is 72.9 cm³/mol. The van der Waals surface area contributed by atoms with Gasteiger partial charge >= 0.3 is 5.97 Å². The van der Waals surface area contributed by atoms with Crippen LogP contribution in [0.1, 0.15) is 43.6 Å². The molecule has 0 bridgehead atoms. The Labute approximate surface area is 114 Å². The van der Waals surface area contributed by atoms with Crippen LogP contribution in [0, 0.1) is 0 Å². The number of fused-ring (bicyclic) bond motifs is 1. The first-order valence-electron chi connectivity index (χ1n) is 7.20. The van der Waals surface area contributed by atoms with Crippen molar-refractivity contribution in [2.24, 2.45) is 0 Å². The molecule has 0 aliphatic carbocycles. The highest BCUT2D eigenvalue weighted by Gasteiger charge is 2.20. The number of rotatable bonds is 6. The summed E-state index contributed by atoms with van der Waals surface area (Å²) in [6.45, 7) is 6.97. The number of hydrogen-bond acceptors (Lipinski definition) is 4. The third kappa shape index (κ3) is 3.35. The van der Waals surface area contributed by atoms with Gasteiger partial charge in [0, 0.05) is 30.8 Å². The quantitative estimate of drug-likeness (QED) is 0.791. The van der Waals surface area contributed by atoms with E-state index in [0.717, 1.165) is 32.4 Å². The summed E-state index contributed by atoms with van der Waals surface area (Å²) in [6.07, 6.45) is 3.51. The SMILES string of the molecule is CCCc1nn(CCC(=O)OCC)c2c1CNCC2. The molecule has 0 amide bonds. The van der Waals surface area contributed by atoms with Crippen LogP contribution in [0.5, 0.6) is 0 Å². The fourth-order valence-electron chi connectivity index (χ4n) is 2.55. The highest BCUT2D eigenvalue weighted by atomic mass is 16.5. The van der Waals surface area contributed by atoms with E-state index in [1.165, 1.54) is 17.0 Å². The van der Waals surface area contributed by atoms with Crippen LogP contribution in [0.25, 0.3) is 0 Å². The summed E-state index contributed by atoms with van der Waals surface area (Å²) in [5, 5.41) is 8.08. The van der Waals surface area contributed by atoms with Crippen LogP contribution >= 0.6 is 0 Å². The molecule has 0 fully saturated rings.